The fourth-order valence-corrected chi connectivity index (χ4v) is 1.55. The van der Waals surface area contributed by atoms with Gasteiger partial charge >= 0.3 is 0 Å². The van der Waals surface area contributed by atoms with Gasteiger partial charge in [0, 0.05) is 6.07 Å². The van der Waals surface area contributed by atoms with Crippen molar-refractivity contribution >= 4 is 5.69 Å². The molecular weight excluding hydrogens is 218 g/mol. The Hall–Kier alpha value is -1.42. The van der Waals surface area contributed by atoms with Crippen LogP contribution in [0.5, 0.6) is 11.5 Å². The molecule has 0 saturated carbocycles. The van der Waals surface area contributed by atoms with E-state index in [2.05, 4.69) is 5.32 Å². The van der Waals surface area contributed by atoms with E-state index in [1.807, 2.05) is 32.9 Å². The minimum atomic E-state index is -0.409. The summed E-state index contributed by atoms with van der Waals surface area (Å²) in [5.41, 5.74) is 1.42. The third-order valence-electron chi connectivity index (χ3n) is 2.59. The van der Waals surface area contributed by atoms with Crippen molar-refractivity contribution in [2.45, 2.75) is 26.3 Å². The lowest BCUT2D eigenvalue weighted by Gasteiger charge is -2.26. The number of rotatable bonds is 5. The van der Waals surface area contributed by atoms with E-state index in [0.29, 0.717) is 0 Å². The normalized spacial score (nSPS) is 11.2. The molecule has 0 saturated heterocycles. The summed E-state index contributed by atoms with van der Waals surface area (Å²) >= 11 is 0. The minimum absolute atomic E-state index is 0.0341. The van der Waals surface area contributed by atoms with Gasteiger partial charge in [-0.05, 0) is 32.4 Å². The zero-order valence-electron chi connectivity index (χ0n) is 11.1. The van der Waals surface area contributed by atoms with E-state index >= 15 is 0 Å². The predicted octanol–water partition coefficient (Wildman–Crippen LogP) is 2.20. The Labute approximate surface area is 103 Å². The third kappa shape index (κ3) is 3.27. The second-order valence-electron chi connectivity index (χ2n) is 4.69. The van der Waals surface area contributed by atoms with Gasteiger partial charge in [-0.25, -0.2) is 0 Å². The summed E-state index contributed by atoms with van der Waals surface area (Å²) in [4.78, 5) is 0. The molecular formula is C13H21NO3. The zero-order valence-corrected chi connectivity index (χ0v) is 11.1. The SMILES string of the molecule is COc1cc(NC(C)(C)CO)c(OC)cc1C. The molecule has 0 atom stereocenters. The predicted molar refractivity (Wildman–Crippen MR) is 69.1 cm³/mol. The van der Waals surface area contributed by atoms with E-state index in [1.165, 1.54) is 0 Å². The summed E-state index contributed by atoms with van der Waals surface area (Å²) in [7, 11) is 3.26. The molecule has 17 heavy (non-hydrogen) atoms. The highest BCUT2D eigenvalue weighted by Crippen LogP contribution is 2.33. The molecule has 0 radical (unpaired) electrons. The van der Waals surface area contributed by atoms with Gasteiger partial charge in [-0.3, -0.25) is 0 Å². The maximum atomic E-state index is 9.27. The number of aryl methyl sites for hydroxylation is 1. The van der Waals surface area contributed by atoms with E-state index in [4.69, 9.17) is 9.47 Å². The van der Waals surface area contributed by atoms with Gasteiger partial charge in [-0.15, -0.1) is 0 Å². The minimum Gasteiger partial charge on any atom is -0.496 e. The summed E-state index contributed by atoms with van der Waals surface area (Å²) < 4.78 is 10.6. The molecule has 1 rings (SSSR count). The summed E-state index contributed by atoms with van der Waals surface area (Å²) in [6, 6.07) is 3.79. The van der Waals surface area contributed by atoms with Gasteiger partial charge in [0.1, 0.15) is 11.5 Å². The summed E-state index contributed by atoms with van der Waals surface area (Å²) in [6.07, 6.45) is 0. The Bertz CT molecular complexity index is 388. The number of hydrogen-bond acceptors (Lipinski definition) is 4. The number of aliphatic hydroxyl groups excluding tert-OH is 1. The Morgan fingerprint density at radius 1 is 1.18 bits per heavy atom. The quantitative estimate of drug-likeness (QED) is 0.827. The molecule has 2 N–H and O–H groups in total. The Morgan fingerprint density at radius 2 is 1.76 bits per heavy atom. The molecule has 0 aliphatic heterocycles. The highest BCUT2D eigenvalue weighted by molar-refractivity contribution is 5.63. The monoisotopic (exact) mass is 239 g/mol. The van der Waals surface area contributed by atoms with Crippen molar-refractivity contribution in [2.75, 3.05) is 26.1 Å². The second kappa shape index (κ2) is 5.27. The number of anilines is 1. The van der Waals surface area contributed by atoms with Crippen LogP contribution in [0, 0.1) is 6.92 Å². The molecule has 0 aliphatic rings. The van der Waals surface area contributed by atoms with Crippen LogP contribution in [0.4, 0.5) is 5.69 Å². The molecule has 0 spiro atoms. The van der Waals surface area contributed by atoms with Crippen molar-refractivity contribution in [3.8, 4) is 11.5 Å². The Balaban J connectivity index is 3.12. The number of hydrogen-bond donors (Lipinski definition) is 2. The molecule has 0 heterocycles. The maximum absolute atomic E-state index is 9.27. The lowest BCUT2D eigenvalue weighted by atomic mass is 10.1. The van der Waals surface area contributed by atoms with Crippen molar-refractivity contribution in [1.29, 1.82) is 0 Å². The molecule has 0 aliphatic carbocycles. The smallest absolute Gasteiger partial charge is 0.142 e. The van der Waals surface area contributed by atoms with Crippen LogP contribution in [0.25, 0.3) is 0 Å². The van der Waals surface area contributed by atoms with Gasteiger partial charge in [0.25, 0.3) is 0 Å². The van der Waals surface area contributed by atoms with Crippen LogP contribution in [0.15, 0.2) is 12.1 Å². The fraction of sp³-hybridized carbons (Fsp3) is 0.538. The number of benzene rings is 1. The fourth-order valence-electron chi connectivity index (χ4n) is 1.55. The molecule has 4 nitrogen and oxygen atoms in total. The van der Waals surface area contributed by atoms with E-state index in [1.54, 1.807) is 14.2 Å². The number of nitrogens with one attached hydrogen (secondary N) is 1. The average molecular weight is 239 g/mol. The molecule has 0 unspecified atom stereocenters. The zero-order chi connectivity index (χ0) is 13.1. The first kappa shape index (κ1) is 13.6. The first-order valence-corrected chi connectivity index (χ1v) is 5.55. The largest absolute Gasteiger partial charge is 0.496 e. The highest BCUT2D eigenvalue weighted by atomic mass is 16.5. The topological polar surface area (TPSA) is 50.7 Å². The number of aliphatic hydroxyl groups is 1. The number of ether oxygens (including phenoxy) is 2. The third-order valence-corrected chi connectivity index (χ3v) is 2.59. The van der Waals surface area contributed by atoms with Crippen LogP contribution in [0.3, 0.4) is 0 Å². The highest BCUT2D eigenvalue weighted by Gasteiger charge is 2.19. The van der Waals surface area contributed by atoms with Crippen molar-refractivity contribution in [3.05, 3.63) is 17.7 Å². The molecule has 4 heteroatoms. The molecule has 1 aromatic carbocycles. The van der Waals surface area contributed by atoms with Gasteiger partial charge in [-0.1, -0.05) is 0 Å². The van der Waals surface area contributed by atoms with Crippen molar-refractivity contribution in [2.24, 2.45) is 0 Å². The summed E-state index contributed by atoms with van der Waals surface area (Å²) in [5, 5.41) is 12.5. The van der Waals surface area contributed by atoms with Crippen LogP contribution >= 0.6 is 0 Å². The molecule has 1 aromatic rings. The van der Waals surface area contributed by atoms with Crippen molar-refractivity contribution in [3.63, 3.8) is 0 Å². The molecule has 96 valence electrons. The first-order chi connectivity index (χ1) is 7.93. The average Bonchev–Trinajstić information content (AvgIpc) is 2.30. The maximum Gasteiger partial charge on any atom is 0.142 e. The second-order valence-corrected chi connectivity index (χ2v) is 4.69. The van der Waals surface area contributed by atoms with Crippen LogP contribution in [0.1, 0.15) is 19.4 Å². The van der Waals surface area contributed by atoms with Gasteiger partial charge in [0.15, 0.2) is 0 Å². The van der Waals surface area contributed by atoms with Crippen LogP contribution in [0.2, 0.25) is 0 Å². The Morgan fingerprint density at radius 3 is 2.24 bits per heavy atom. The Kier molecular flexibility index (Phi) is 4.23. The van der Waals surface area contributed by atoms with Crippen LogP contribution in [-0.4, -0.2) is 31.5 Å². The molecule has 0 amide bonds. The first-order valence-electron chi connectivity index (χ1n) is 5.55. The molecule has 0 fully saturated rings. The van der Waals surface area contributed by atoms with Gasteiger partial charge in [0.2, 0.25) is 0 Å². The van der Waals surface area contributed by atoms with Crippen molar-refractivity contribution in [1.82, 2.24) is 0 Å². The van der Waals surface area contributed by atoms with Crippen molar-refractivity contribution < 1.29 is 14.6 Å². The van der Waals surface area contributed by atoms with Gasteiger partial charge in [0.05, 0.1) is 32.1 Å². The molecule has 0 bridgehead atoms. The van der Waals surface area contributed by atoms with Crippen LogP contribution < -0.4 is 14.8 Å². The standard InChI is InChI=1S/C13H21NO3/c1-9-6-12(17-5)10(7-11(9)16-4)14-13(2,3)8-15/h6-7,14-15H,8H2,1-5H3. The van der Waals surface area contributed by atoms with E-state index in [0.717, 1.165) is 22.7 Å². The van der Waals surface area contributed by atoms with Gasteiger partial charge in [-0.2, -0.15) is 0 Å². The van der Waals surface area contributed by atoms with E-state index < -0.39 is 5.54 Å². The van der Waals surface area contributed by atoms with E-state index in [-0.39, 0.29) is 6.61 Å². The van der Waals surface area contributed by atoms with E-state index in [9.17, 15) is 5.11 Å². The summed E-state index contributed by atoms with van der Waals surface area (Å²) in [5.74, 6) is 1.53. The molecule has 0 aromatic heterocycles. The van der Waals surface area contributed by atoms with Crippen LogP contribution in [-0.2, 0) is 0 Å². The number of methoxy groups -OCH3 is 2. The van der Waals surface area contributed by atoms with Gasteiger partial charge < -0.3 is 19.9 Å². The lowest BCUT2D eigenvalue weighted by molar-refractivity contribution is 0.233. The summed E-state index contributed by atoms with van der Waals surface area (Å²) in [6.45, 7) is 5.83. The lowest BCUT2D eigenvalue weighted by Crippen LogP contribution is -2.35.